The van der Waals surface area contributed by atoms with Gasteiger partial charge in [-0.15, -0.1) is 0 Å². The summed E-state index contributed by atoms with van der Waals surface area (Å²) in [5.41, 5.74) is 0.867. The zero-order valence-corrected chi connectivity index (χ0v) is 14.5. The Morgan fingerprint density at radius 1 is 1.43 bits per heavy atom. The number of ether oxygens (including phenoxy) is 1. The van der Waals surface area contributed by atoms with E-state index < -0.39 is 14.6 Å². The molecule has 0 aromatic carbocycles. The zero-order valence-electron chi connectivity index (χ0n) is 13.6. The molecule has 1 aromatic heterocycles. The Kier molecular flexibility index (Phi) is 6.22. The maximum absolute atomic E-state index is 11.8. The van der Waals surface area contributed by atoms with Crippen LogP contribution in [0.2, 0.25) is 0 Å². The molecule has 7 heteroatoms. The molecule has 1 N–H and O–H groups in total. The van der Waals surface area contributed by atoms with E-state index in [1.165, 1.54) is 6.26 Å². The predicted molar refractivity (Wildman–Crippen MR) is 85.5 cm³/mol. The van der Waals surface area contributed by atoms with Crippen molar-refractivity contribution in [2.75, 3.05) is 31.3 Å². The van der Waals surface area contributed by atoms with Crippen molar-refractivity contribution in [1.29, 1.82) is 0 Å². The molecule has 0 saturated heterocycles. The van der Waals surface area contributed by atoms with E-state index >= 15 is 0 Å². The Bertz CT molecular complexity index is 550. The number of nitrogens with one attached hydrogen (secondary N) is 1. The third kappa shape index (κ3) is 5.32. The topological polar surface area (TPSA) is 73.2 Å². The molecule has 0 bridgehead atoms. The number of nitrogens with zero attached hydrogens (tertiary/aromatic N) is 2. The molecule has 0 aliphatic rings. The van der Waals surface area contributed by atoms with Gasteiger partial charge in [0, 0.05) is 38.8 Å². The summed E-state index contributed by atoms with van der Waals surface area (Å²) in [6.07, 6.45) is 4.03. The first-order chi connectivity index (χ1) is 9.67. The van der Waals surface area contributed by atoms with Crippen molar-refractivity contribution >= 4 is 15.8 Å². The quantitative estimate of drug-likeness (QED) is 0.704. The third-order valence-corrected chi connectivity index (χ3v) is 5.54. The lowest BCUT2D eigenvalue weighted by Crippen LogP contribution is -2.36. The van der Waals surface area contributed by atoms with Crippen LogP contribution < -0.4 is 5.32 Å². The van der Waals surface area contributed by atoms with Crippen molar-refractivity contribution in [3.63, 3.8) is 0 Å². The second kappa shape index (κ2) is 7.26. The molecule has 0 fully saturated rings. The lowest BCUT2D eigenvalue weighted by molar-refractivity contribution is 0.147. The number of sulfone groups is 1. The number of aryl methyl sites for hydroxylation is 1. The molecule has 21 heavy (non-hydrogen) atoms. The molecule has 0 spiro atoms. The van der Waals surface area contributed by atoms with Crippen LogP contribution in [0.5, 0.6) is 0 Å². The monoisotopic (exact) mass is 317 g/mol. The van der Waals surface area contributed by atoms with Crippen LogP contribution in [0, 0.1) is 6.92 Å². The minimum Gasteiger partial charge on any atom is -0.382 e. The van der Waals surface area contributed by atoms with E-state index in [1.807, 2.05) is 24.6 Å². The van der Waals surface area contributed by atoms with Gasteiger partial charge >= 0.3 is 0 Å². The maximum Gasteiger partial charge on any atom is 0.203 e. The summed E-state index contributed by atoms with van der Waals surface area (Å²) in [5.74, 6) is 0.709. The second-order valence-electron chi connectivity index (χ2n) is 5.84. The molecule has 0 atom stereocenters. The average molecular weight is 317 g/mol. The van der Waals surface area contributed by atoms with Crippen LogP contribution >= 0.6 is 0 Å². The Morgan fingerprint density at radius 3 is 2.67 bits per heavy atom. The Labute approximate surface area is 127 Å². The van der Waals surface area contributed by atoms with Crippen LogP contribution in [0.3, 0.4) is 0 Å². The number of anilines is 1. The van der Waals surface area contributed by atoms with Crippen molar-refractivity contribution in [3.05, 3.63) is 11.9 Å². The number of aromatic nitrogens is 2. The standard InChI is InChI=1S/C14H27N3O3S/c1-6-20-9-7-8-15-13-16-12(2)10-17(13)11-14(3,4)21(5,18)19/h10H,6-9,11H2,1-5H3,(H,15,16). The van der Waals surface area contributed by atoms with E-state index in [9.17, 15) is 8.42 Å². The summed E-state index contributed by atoms with van der Waals surface area (Å²) in [4.78, 5) is 4.41. The SMILES string of the molecule is CCOCCCNc1nc(C)cn1CC(C)(C)S(C)(=O)=O. The molecular weight excluding hydrogens is 290 g/mol. The fourth-order valence-electron chi connectivity index (χ4n) is 1.85. The predicted octanol–water partition coefficient (Wildman–Crippen LogP) is 1.85. The van der Waals surface area contributed by atoms with Crippen molar-refractivity contribution in [2.45, 2.75) is 45.4 Å². The first-order valence-corrected chi connectivity index (χ1v) is 9.11. The summed E-state index contributed by atoms with van der Waals surface area (Å²) >= 11 is 0. The van der Waals surface area contributed by atoms with Gasteiger partial charge in [-0.25, -0.2) is 13.4 Å². The largest absolute Gasteiger partial charge is 0.382 e. The van der Waals surface area contributed by atoms with Crippen molar-refractivity contribution < 1.29 is 13.2 Å². The number of hydrogen-bond donors (Lipinski definition) is 1. The molecular formula is C14H27N3O3S. The van der Waals surface area contributed by atoms with Gasteiger partial charge in [0.15, 0.2) is 9.84 Å². The maximum atomic E-state index is 11.8. The molecule has 1 aromatic rings. The molecule has 0 unspecified atom stereocenters. The summed E-state index contributed by atoms with van der Waals surface area (Å²) in [7, 11) is -3.14. The second-order valence-corrected chi connectivity index (χ2v) is 8.49. The molecule has 6 nitrogen and oxygen atoms in total. The van der Waals surface area contributed by atoms with Crippen molar-refractivity contribution in [1.82, 2.24) is 9.55 Å². The van der Waals surface area contributed by atoms with Gasteiger partial charge in [0.25, 0.3) is 0 Å². The van der Waals surface area contributed by atoms with Gasteiger partial charge in [-0.3, -0.25) is 0 Å². The lowest BCUT2D eigenvalue weighted by Gasteiger charge is -2.24. The highest BCUT2D eigenvalue weighted by Gasteiger charge is 2.31. The van der Waals surface area contributed by atoms with Gasteiger partial charge in [0.05, 0.1) is 10.4 Å². The lowest BCUT2D eigenvalue weighted by atomic mass is 10.2. The summed E-state index contributed by atoms with van der Waals surface area (Å²) in [6.45, 7) is 9.88. The number of imidazole rings is 1. The molecule has 0 radical (unpaired) electrons. The van der Waals surface area contributed by atoms with E-state index in [2.05, 4.69) is 10.3 Å². The number of rotatable bonds is 9. The smallest absolute Gasteiger partial charge is 0.203 e. The minimum absolute atomic E-state index is 0.375. The highest BCUT2D eigenvalue weighted by Crippen LogP contribution is 2.21. The van der Waals surface area contributed by atoms with E-state index in [0.717, 1.165) is 25.3 Å². The molecule has 0 aliphatic carbocycles. The molecule has 0 saturated carbocycles. The first-order valence-electron chi connectivity index (χ1n) is 7.22. The normalized spacial score (nSPS) is 12.6. The third-order valence-electron chi connectivity index (χ3n) is 3.40. The van der Waals surface area contributed by atoms with Crippen LogP contribution in [0.1, 0.15) is 32.9 Å². The highest BCUT2D eigenvalue weighted by atomic mass is 32.2. The van der Waals surface area contributed by atoms with E-state index in [4.69, 9.17) is 4.74 Å². The van der Waals surface area contributed by atoms with Gasteiger partial charge in [-0.1, -0.05) is 0 Å². The Balaban J connectivity index is 2.71. The Morgan fingerprint density at radius 2 is 2.10 bits per heavy atom. The van der Waals surface area contributed by atoms with Crippen LogP contribution in [0.4, 0.5) is 5.95 Å². The zero-order chi connectivity index (χ0) is 16.1. The van der Waals surface area contributed by atoms with Gasteiger partial charge in [-0.2, -0.15) is 0 Å². The Hall–Kier alpha value is -1.08. The van der Waals surface area contributed by atoms with Gasteiger partial charge < -0.3 is 14.6 Å². The van der Waals surface area contributed by atoms with Crippen LogP contribution in [-0.2, 0) is 21.1 Å². The van der Waals surface area contributed by atoms with Gasteiger partial charge in [0.2, 0.25) is 5.95 Å². The molecule has 122 valence electrons. The fraction of sp³-hybridized carbons (Fsp3) is 0.786. The minimum atomic E-state index is -3.14. The van der Waals surface area contributed by atoms with Crippen LogP contribution in [-0.4, -0.2) is 48.7 Å². The van der Waals surface area contributed by atoms with Gasteiger partial charge in [-0.05, 0) is 34.1 Å². The highest BCUT2D eigenvalue weighted by molar-refractivity contribution is 7.92. The molecule has 1 rings (SSSR count). The van der Waals surface area contributed by atoms with E-state index in [-0.39, 0.29) is 0 Å². The summed E-state index contributed by atoms with van der Waals surface area (Å²) in [5, 5.41) is 3.24. The summed E-state index contributed by atoms with van der Waals surface area (Å²) < 4.78 is 30.0. The van der Waals surface area contributed by atoms with E-state index in [0.29, 0.717) is 19.1 Å². The fourth-order valence-corrected chi connectivity index (χ4v) is 2.23. The van der Waals surface area contributed by atoms with Crippen LogP contribution in [0.15, 0.2) is 6.20 Å². The average Bonchev–Trinajstić information content (AvgIpc) is 2.67. The molecule has 0 aliphatic heterocycles. The summed E-state index contributed by atoms with van der Waals surface area (Å²) in [6, 6.07) is 0. The van der Waals surface area contributed by atoms with Crippen molar-refractivity contribution in [3.8, 4) is 0 Å². The van der Waals surface area contributed by atoms with Gasteiger partial charge in [0.1, 0.15) is 0 Å². The molecule has 0 amide bonds. The number of hydrogen-bond acceptors (Lipinski definition) is 5. The van der Waals surface area contributed by atoms with E-state index in [1.54, 1.807) is 13.8 Å². The first kappa shape index (κ1) is 18.0. The molecule has 1 heterocycles. The van der Waals surface area contributed by atoms with Crippen molar-refractivity contribution in [2.24, 2.45) is 0 Å². The van der Waals surface area contributed by atoms with Crippen LogP contribution in [0.25, 0.3) is 0 Å².